The number of hydrogen-bond donors (Lipinski definition) is 1. The van der Waals surface area contributed by atoms with Crippen LogP contribution in [0, 0.1) is 17.5 Å². The minimum absolute atomic E-state index is 0.220. The highest BCUT2D eigenvalue weighted by atomic mass is 19.4. The number of halogens is 7. The van der Waals surface area contributed by atoms with Gasteiger partial charge in [-0.25, -0.2) is 18.0 Å². The zero-order valence-corrected chi connectivity index (χ0v) is 19.6. The zero-order valence-electron chi connectivity index (χ0n) is 19.6. The van der Waals surface area contributed by atoms with E-state index in [0.717, 1.165) is 35.2 Å². The number of urea groups is 1. The van der Waals surface area contributed by atoms with Crippen LogP contribution in [0.2, 0.25) is 0 Å². The summed E-state index contributed by atoms with van der Waals surface area (Å²) in [5.41, 5.74) is -3.30. The van der Waals surface area contributed by atoms with Gasteiger partial charge < -0.3 is 10.0 Å². The third kappa shape index (κ3) is 5.50. The van der Waals surface area contributed by atoms with Gasteiger partial charge in [0.2, 0.25) is 0 Å². The van der Waals surface area contributed by atoms with Gasteiger partial charge in [-0.1, -0.05) is 30.4 Å². The Bertz CT molecular complexity index is 1220. The van der Waals surface area contributed by atoms with E-state index < -0.39 is 66.9 Å². The van der Waals surface area contributed by atoms with E-state index in [1.165, 1.54) is 18.2 Å². The van der Waals surface area contributed by atoms with Crippen LogP contribution in [0.1, 0.15) is 24.5 Å². The van der Waals surface area contributed by atoms with Gasteiger partial charge in [0, 0.05) is 12.0 Å². The lowest BCUT2D eigenvalue weighted by Crippen LogP contribution is -2.62. The maximum atomic E-state index is 15.6. The summed E-state index contributed by atoms with van der Waals surface area (Å²) < 4.78 is 99.3. The van der Waals surface area contributed by atoms with Crippen molar-refractivity contribution in [2.45, 2.75) is 25.1 Å². The summed E-state index contributed by atoms with van der Waals surface area (Å²) in [6.45, 7) is -1.99. The fourth-order valence-corrected chi connectivity index (χ4v) is 4.53. The van der Waals surface area contributed by atoms with Gasteiger partial charge in [-0.2, -0.15) is 13.2 Å². The summed E-state index contributed by atoms with van der Waals surface area (Å²) in [6, 6.07) is 4.28. The summed E-state index contributed by atoms with van der Waals surface area (Å²) in [5.74, 6) is -3.76. The summed E-state index contributed by atoms with van der Waals surface area (Å²) in [5, 5.41) is 8.99. The van der Waals surface area contributed by atoms with Crippen molar-refractivity contribution >= 4 is 11.7 Å². The number of alkyl halides is 4. The molecule has 0 bridgehead atoms. The Morgan fingerprint density at radius 1 is 1.08 bits per heavy atom. The summed E-state index contributed by atoms with van der Waals surface area (Å²) >= 11 is 0. The summed E-state index contributed by atoms with van der Waals surface area (Å²) in [4.78, 5) is 14.8. The van der Waals surface area contributed by atoms with Crippen LogP contribution in [0.15, 0.2) is 72.5 Å². The van der Waals surface area contributed by atoms with Gasteiger partial charge in [0.05, 0.1) is 25.2 Å². The van der Waals surface area contributed by atoms with Crippen molar-refractivity contribution in [2.75, 3.05) is 24.7 Å². The van der Waals surface area contributed by atoms with E-state index >= 15 is 4.39 Å². The monoisotopic (exact) mass is 528 g/mol. The van der Waals surface area contributed by atoms with E-state index in [-0.39, 0.29) is 16.2 Å². The van der Waals surface area contributed by atoms with E-state index in [9.17, 15) is 31.1 Å². The van der Waals surface area contributed by atoms with Crippen molar-refractivity contribution in [1.29, 1.82) is 0 Å². The Kier molecular flexibility index (Phi) is 8.35. The van der Waals surface area contributed by atoms with Crippen LogP contribution in [0.5, 0.6) is 0 Å². The fraction of sp³-hybridized carbons (Fsp3) is 0.269. The van der Waals surface area contributed by atoms with Gasteiger partial charge in [-0.3, -0.25) is 9.29 Å². The number of hydrogen-bond acceptors (Lipinski definition) is 2. The minimum atomic E-state index is -5.01. The van der Waals surface area contributed by atoms with Gasteiger partial charge in [-0.15, -0.1) is 0 Å². The highest BCUT2D eigenvalue weighted by Gasteiger charge is 2.55. The van der Waals surface area contributed by atoms with Crippen LogP contribution < -0.4 is 4.90 Å². The second-order valence-corrected chi connectivity index (χ2v) is 8.21. The van der Waals surface area contributed by atoms with Crippen LogP contribution in [0.3, 0.4) is 0 Å². The van der Waals surface area contributed by atoms with Crippen molar-refractivity contribution in [3.05, 3.63) is 101 Å². The Labute approximate surface area is 208 Å². The number of rotatable bonds is 8. The lowest BCUT2D eigenvalue weighted by molar-refractivity contribution is -0.149. The molecule has 1 aliphatic rings. The number of allylic oxidation sites excluding steroid dienone is 3. The Morgan fingerprint density at radius 3 is 2.32 bits per heavy atom. The molecule has 198 valence electrons. The molecular formula is C26H23F7N2O2. The van der Waals surface area contributed by atoms with Crippen molar-refractivity contribution < 1.29 is 40.6 Å². The van der Waals surface area contributed by atoms with Crippen LogP contribution >= 0.6 is 0 Å². The molecule has 4 nitrogen and oxygen atoms in total. The van der Waals surface area contributed by atoms with Crippen molar-refractivity contribution in [1.82, 2.24) is 4.90 Å². The highest BCUT2D eigenvalue weighted by Crippen LogP contribution is 2.50. The Hall–Kier alpha value is -3.76. The molecule has 0 aliphatic carbocycles. The molecule has 1 aliphatic heterocycles. The summed E-state index contributed by atoms with van der Waals surface area (Å²) in [7, 11) is 0. The van der Waals surface area contributed by atoms with E-state index in [4.69, 9.17) is 5.11 Å². The third-order valence-corrected chi connectivity index (χ3v) is 5.93. The predicted octanol–water partition coefficient (Wildman–Crippen LogP) is 7.09. The van der Waals surface area contributed by atoms with Crippen molar-refractivity contribution in [3.63, 3.8) is 0 Å². The molecule has 1 heterocycles. The number of amides is 2. The third-order valence-electron chi connectivity index (χ3n) is 5.93. The van der Waals surface area contributed by atoms with E-state index in [2.05, 4.69) is 0 Å². The molecule has 0 saturated carbocycles. The normalized spacial score (nSPS) is 18.8. The molecule has 37 heavy (non-hydrogen) atoms. The maximum absolute atomic E-state index is 15.6. The fourth-order valence-electron chi connectivity index (χ4n) is 4.53. The van der Waals surface area contributed by atoms with Gasteiger partial charge in [0.25, 0.3) is 0 Å². The largest absolute Gasteiger partial charge is 0.516 e. The molecule has 2 aromatic rings. The lowest BCUT2D eigenvalue weighted by atomic mass is 9.75. The smallest absolute Gasteiger partial charge is 0.406 e. The average Bonchev–Trinajstić information content (AvgIpc) is 2.84. The maximum Gasteiger partial charge on any atom is 0.406 e. The second-order valence-electron chi connectivity index (χ2n) is 8.21. The highest BCUT2D eigenvalue weighted by molar-refractivity contribution is 5.97. The molecule has 3 rings (SSSR count). The second kappa shape index (κ2) is 11.1. The van der Waals surface area contributed by atoms with Crippen LogP contribution in [0.25, 0.3) is 0 Å². The number of fused-ring (bicyclic) bond motifs is 1. The molecule has 2 aromatic carbocycles. The first kappa shape index (κ1) is 27.8. The Morgan fingerprint density at radius 2 is 1.76 bits per heavy atom. The van der Waals surface area contributed by atoms with E-state index in [1.807, 2.05) is 0 Å². The molecule has 0 fully saturated rings. The van der Waals surface area contributed by atoms with Crippen LogP contribution in [0.4, 0.5) is 41.2 Å². The van der Waals surface area contributed by atoms with Gasteiger partial charge in [0.1, 0.15) is 17.9 Å². The van der Waals surface area contributed by atoms with Crippen molar-refractivity contribution in [2.24, 2.45) is 0 Å². The van der Waals surface area contributed by atoms with Crippen LogP contribution in [-0.4, -0.2) is 42.0 Å². The molecular weight excluding hydrogens is 505 g/mol. The summed E-state index contributed by atoms with van der Waals surface area (Å²) in [6.07, 6.45) is 0.473. The Balaban J connectivity index is 2.41. The van der Waals surface area contributed by atoms with Gasteiger partial charge in [0.15, 0.2) is 11.6 Å². The molecule has 1 N–H and O–H groups in total. The quantitative estimate of drug-likeness (QED) is 0.226. The molecule has 11 heteroatoms. The van der Waals surface area contributed by atoms with E-state index in [0.29, 0.717) is 17.9 Å². The molecule has 1 unspecified atom stereocenters. The van der Waals surface area contributed by atoms with Crippen molar-refractivity contribution in [3.8, 4) is 0 Å². The number of nitrogens with zero attached hydrogens (tertiary/aromatic N) is 2. The van der Waals surface area contributed by atoms with Crippen LogP contribution in [-0.2, 0) is 5.54 Å². The molecule has 0 radical (unpaired) electrons. The number of aliphatic hydroxyl groups excluding tert-OH is 1. The zero-order chi connectivity index (χ0) is 27.4. The molecule has 2 amide bonds. The first-order valence-corrected chi connectivity index (χ1v) is 11.1. The first-order chi connectivity index (χ1) is 17.5. The predicted molar refractivity (Wildman–Crippen MR) is 124 cm³/mol. The number of benzene rings is 2. The topological polar surface area (TPSA) is 43.8 Å². The minimum Gasteiger partial charge on any atom is -0.516 e. The molecule has 0 saturated heterocycles. The lowest BCUT2D eigenvalue weighted by Gasteiger charge is -2.51. The number of carbonyl (C=O) groups excluding carboxylic acids is 1. The molecule has 1 atom stereocenters. The molecule has 0 spiro atoms. The van der Waals surface area contributed by atoms with E-state index in [1.54, 1.807) is 13.0 Å². The average molecular weight is 528 g/mol. The van der Waals surface area contributed by atoms with Gasteiger partial charge in [-0.05, 0) is 48.4 Å². The number of carbonyl (C=O) groups is 1. The number of aliphatic hydroxyl groups is 1. The first-order valence-electron chi connectivity index (χ1n) is 11.1. The van der Waals surface area contributed by atoms with Gasteiger partial charge >= 0.3 is 12.2 Å². The molecule has 0 aromatic heterocycles. The SMILES string of the molecule is C\C=C/C(=C\C=C\O)CN1C(=O)N(CC(F)(F)F)C(CCF)(c2ccc(F)cc2)c2c1ccc(F)c2F. The number of anilines is 1. The standard InChI is InChI=1S/C26H23F7N2O2/c1-2-4-17(5-3-14-36)15-34-21-11-10-20(29)23(30)22(21)25(12-13-27,18-6-8-19(28)9-7-18)35(24(34)37)16-26(31,32)33/h2-11,14,36H,12-13,15-16H2,1H3/b4-2-,14-3+,17-5+.